The molecule has 4 aliphatic carbocycles. The van der Waals surface area contributed by atoms with Gasteiger partial charge in [0.1, 0.15) is 5.60 Å². The summed E-state index contributed by atoms with van der Waals surface area (Å²) >= 11 is 0. The van der Waals surface area contributed by atoms with Gasteiger partial charge in [-0.05, 0) is 92.2 Å². The standard InChI is InChI=1S/C23H32O2/c1-4-15(3)18-6-8-19(9-7-18)22(24)25-23(5-2)20-11-16-10-17(13-20)14-21(23)12-16/h6-9,15-17,20-21H,4-5,10-14H2,1-3H3. The summed E-state index contributed by atoms with van der Waals surface area (Å²) in [5.41, 5.74) is 1.83. The number of rotatable bonds is 5. The molecule has 5 rings (SSSR count). The molecule has 4 bridgehead atoms. The van der Waals surface area contributed by atoms with Gasteiger partial charge in [-0.25, -0.2) is 4.79 Å². The van der Waals surface area contributed by atoms with Gasteiger partial charge in [-0.15, -0.1) is 0 Å². The first kappa shape index (κ1) is 17.1. The topological polar surface area (TPSA) is 26.3 Å². The molecule has 0 amide bonds. The molecule has 0 saturated heterocycles. The first-order valence-corrected chi connectivity index (χ1v) is 10.4. The molecule has 4 aliphatic rings. The minimum atomic E-state index is -0.195. The van der Waals surface area contributed by atoms with E-state index in [1.54, 1.807) is 0 Å². The molecule has 0 spiro atoms. The van der Waals surface area contributed by atoms with Gasteiger partial charge < -0.3 is 4.74 Å². The Kier molecular flexibility index (Phi) is 4.42. The molecule has 4 fully saturated rings. The van der Waals surface area contributed by atoms with Gasteiger partial charge in [-0.3, -0.25) is 0 Å². The summed E-state index contributed by atoms with van der Waals surface area (Å²) in [4.78, 5) is 12.9. The zero-order valence-electron chi connectivity index (χ0n) is 16.0. The van der Waals surface area contributed by atoms with E-state index in [2.05, 4.69) is 32.9 Å². The van der Waals surface area contributed by atoms with Crippen LogP contribution in [0.1, 0.15) is 87.6 Å². The number of esters is 1. The number of hydrogen-bond donors (Lipinski definition) is 0. The average molecular weight is 341 g/mol. The van der Waals surface area contributed by atoms with Gasteiger partial charge in [0, 0.05) is 0 Å². The fourth-order valence-corrected chi connectivity index (χ4v) is 6.21. The van der Waals surface area contributed by atoms with Gasteiger partial charge in [-0.1, -0.05) is 32.9 Å². The summed E-state index contributed by atoms with van der Waals surface area (Å²) in [6.45, 7) is 6.65. The maximum Gasteiger partial charge on any atom is 0.338 e. The fourth-order valence-electron chi connectivity index (χ4n) is 6.21. The summed E-state index contributed by atoms with van der Waals surface area (Å²) in [7, 11) is 0. The van der Waals surface area contributed by atoms with Gasteiger partial charge >= 0.3 is 5.97 Å². The lowest BCUT2D eigenvalue weighted by molar-refractivity contribution is -0.176. The predicted molar refractivity (Wildman–Crippen MR) is 101 cm³/mol. The van der Waals surface area contributed by atoms with E-state index in [1.807, 2.05) is 12.1 Å². The lowest BCUT2D eigenvalue weighted by Crippen LogP contribution is -2.59. The number of benzene rings is 1. The van der Waals surface area contributed by atoms with Gasteiger partial charge in [0.05, 0.1) is 5.56 Å². The van der Waals surface area contributed by atoms with Gasteiger partial charge in [0.2, 0.25) is 0 Å². The molecule has 2 heteroatoms. The van der Waals surface area contributed by atoms with E-state index in [-0.39, 0.29) is 11.6 Å². The smallest absolute Gasteiger partial charge is 0.338 e. The van der Waals surface area contributed by atoms with E-state index >= 15 is 0 Å². The Bertz CT molecular complexity index is 602. The van der Waals surface area contributed by atoms with E-state index in [9.17, 15) is 4.79 Å². The van der Waals surface area contributed by atoms with Crippen LogP contribution in [0.15, 0.2) is 24.3 Å². The van der Waals surface area contributed by atoms with Crippen molar-refractivity contribution in [3.63, 3.8) is 0 Å². The molecule has 0 radical (unpaired) electrons. The van der Waals surface area contributed by atoms with Crippen molar-refractivity contribution in [3.8, 4) is 0 Å². The maximum absolute atomic E-state index is 12.9. The second-order valence-electron chi connectivity index (χ2n) is 8.93. The Balaban J connectivity index is 1.53. The minimum absolute atomic E-state index is 0.106. The highest BCUT2D eigenvalue weighted by Crippen LogP contribution is 2.60. The maximum atomic E-state index is 12.9. The van der Waals surface area contributed by atoms with Crippen LogP contribution in [0.5, 0.6) is 0 Å². The van der Waals surface area contributed by atoms with E-state index in [4.69, 9.17) is 4.74 Å². The molecule has 1 atom stereocenters. The molecule has 4 saturated carbocycles. The van der Waals surface area contributed by atoms with Crippen LogP contribution in [0.2, 0.25) is 0 Å². The van der Waals surface area contributed by atoms with Crippen LogP contribution in [0, 0.1) is 23.7 Å². The molecular formula is C23H32O2. The number of carbonyl (C=O) groups is 1. The Hall–Kier alpha value is -1.31. The molecule has 0 aliphatic heterocycles. The number of carbonyl (C=O) groups excluding carboxylic acids is 1. The van der Waals surface area contributed by atoms with Gasteiger partial charge in [0.25, 0.3) is 0 Å². The monoisotopic (exact) mass is 340 g/mol. The van der Waals surface area contributed by atoms with Crippen molar-refractivity contribution in [2.75, 3.05) is 0 Å². The highest BCUT2D eigenvalue weighted by Gasteiger charge is 2.58. The van der Waals surface area contributed by atoms with Crippen molar-refractivity contribution in [3.05, 3.63) is 35.4 Å². The van der Waals surface area contributed by atoms with Gasteiger partial charge in [0.15, 0.2) is 0 Å². The second-order valence-corrected chi connectivity index (χ2v) is 8.93. The van der Waals surface area contributed by atoms with Gasteiger partial charge in [-0.2, -0.15) is 0 Å². The zero-order valence-corrected chi connectivity index (χ0v) is 16.0. The van der Waals surface area contributed by atoms with Crippen molar-refractivity contribution in [2.24, 2.45) is 23.7 Å². The molecule has 1 aromatic rings. The quantitative estimate of drug-likeness (QED) is 0.618. The highest BCUT2D eigenvalue weighted by molar-refractivity contribution is 5.89. The van der Waals surface area contributed by atoms with Crippen LogP contribution in [-0.2, 0) is 4.74 Å². The SMILES string of the molecule is CCC(C)c1ccc(C(=O)OC2(CC)C3CC4CC(C3)CC2C4)cc1. The zero-order chi connectivity index (χ0) is 17.6. The molecule has 25 heavy (non-hydrogen) atoms. The van der Waals surface area contributed by atoms with Crippen LogP contribution < -0.4 is 0 Å². The van der Waals surface area contributed by atoms with Crippen LogP contribution >= 0.6 is 0 Å². The third kappa shape index (κ3) is 2.82. The molecule has 1 unspecified atom stereocenters. The molecule has 2 nitrogen and oxygen atoms in total. The predicted octanol–water partition coefficient (Wildman–Crippen LogP) is 5.96. The molecule has 136 valence electrons. The molecule has 1 aromatic carbocycles. The van der Waals surface area contributed by atoms with E-state index in [1.165, 1.54) is 37.7 Å². The third-order valence-electron chi connectivity index (χ3n) is 7.68. The summed E-state index contributed by atoms with van der Waals surface area (Å²) in [6.07, 6.45) is 8.63. The van der Waals surface area contributed by atoms with Crippen molar-refractivity contribution < 1.29 is 9.53 Å². The summed E-state index contributed by atoms with van der Waals surface area (Å²) < 4.78 is 6.34. The van der Waals surface area contributed by atoms with Crippen molar-refractivity contribution >= 4 is 5.97 Å². The lowest BCUT2D eigenvalue weighted by atomic mass is 9.49. The van der Waals surface area contributed by atoms with Crippen molar-refractivity contribution in [1.82, 2.24) is 0 Å². The molecule has 0 aromatic heterocycles. The Morgan fingerprint density at radius 1 is 1.04 bits per heavy atom. The van der Waals surface area contributed by atoms with Crippen LogP contribution in [0.3, 0.4) is 0 Å². The molecule has 0 N–H and O–H groups in total. The Morgan fingerprint density at radius 2 is 1.60 bits per heavy atom. The summed E-state index contributed by atoms with van der Waals surface area (Å²) in [5.74, 6) is 3.42. The van der Waals surface area contributed by atoms with Crippen molar-refractivity contribution in [1.29, 1.82) is 0 Å². The number of ether oxygens (including phenoxy) is 1. The van der Waals surface area contributed by atoms with E-state index in [0.29, 0.717) is 23.3 Å². The first-order chi connectivity index (χ1) is 12.1. The van der Waals surface area contributed by atoms with Crippen LogP contribution in [0.25, 0.3) is 0 Å². The van der Waals surface area contributed by atoms with Crippen LogP contribution in [0.4, 0.5) is 0 Å². The van der Waals surface area contributed by atoms with Crippen molar-refractivity contribution in [2.45, 2.75) is 77.2 Å². The van der Waals surface area contributed by atoms with E-state index < -0.39 is 0 Å². The Morgan fingerprint density at radius 3 is 2.08 bits per heavy atom. The molecular weight excluding hydrogens is 308 g/mol. The second kappa shape index (κ2) is 6.45. The van der Waals surface area contributed by atoms with Crippen LogP contribution in [-0.4, -0.2) is 11.6 Å². The average Bonchev–Trinajstić information content (AvgIpc) is 2.63. The fraction of sp³-hybridized carbons (Fsp3) is 0.696. The molecule has 0 heterocycles. The first-order valence-electron chi connectivity index (χ1n) is 10.4. The highest BCUT2D eigenvalue weighted by atomic mass is 16.6. The largest absolute Gasteiger partial charge is 0.455 e. The summed E-state index contributed by atoms with van der Waals surface area (Å²) in [5, 5.41) is 0. The minimum Gasteiger partial charge on any atom is -0.455 e. The third-order valence-corrected chi connectivity index (χ3v) is 7.68. The Labute approximate surface area is 152 Å². The summed E-state index contributed by atoms with van der Waals surface area (Å²) in [6, 6.07) is 8.12. The lowest BCUT2D eigenvalue weighted by Gasteiger charge is -2.60. The normalized spacial score (nSPS) is 37.1. The van der Waals surface area contributed by atoms with E-state index in [0.717, 1.165) is 24.7 Å². The number of hydrogen-bond acceptors (Lipinski definition) is 2.